The quantitative estimate of drug-likeness (QED) is 0.777. The molecule has 0 aromatic carbocycles. The zero-order chi connectivity index (χ0) is 14.5. The molecule has 0 unspecified atom stereocenters. The van der Waals surface area contributed by atoms with Crippen molar-refractivity contribution in [3.63, 3.8) is 0 Å². The molecule has 0 spiro atoms. The van der Waals surface area contributed by atoms with Gasteiger partial charge in [0.05, 0.1) is 11.4 Å². The third kappa shape index (κ3) is 4.82. The van der Waals surface area contributed by atoms with Crippen molar-refractivity contribution in [2.45, 2.75) is 24.9 Å². The fourth-order valence-electron chi connectivity index (χ4n) is 2.05. The van der Waals surface area contributed by atoms with E-state index in [1.807, 2.05) is 0 Å². The van der Waals surface area contributed by atoms with Gasteiger partial charge in [0.25, 0.3) is 0 Å². The maximum absolute atomic E-state index is 11.9. The van der Waals surface area contributed by atoms with E-state index in [1.165, 1.54) is 0 Å². The van der Waals surface area contributed by atoms with Crippen LogP contribution in [0, 0.1) is 0 Å². The number of pyridine rings is 1. The first-order valence-corrected chi connectivity index (χ1v) is 8.31. The van der Waals surface area contributed by atoms with E-state index in [0.717, 1.165) is 5.56 Å². The van der Waals surface area contributed by atoms with Crippen molar-refractivity contribution >= 4 is 10.0 Å². The number of aliphatic hydroxyl groups is 1. The molecule has 0 saturated carbocycles. The molecule has 7 heteroatoms. The summed E-state index contributed by atoms with van der Waals surface area (Å²) in [6.07, 6.45) is 4.62. The predicted molar refractivity (Wildman–Crippen MR) is 74.7 cm³/mol. The van der Waals surface area contributed by atoms with Gasteiger partial charge >= 0.3 is 0 Å². The van der Waals surface area contributed by atoms with Gasteiger partial charge in [-0.1, -0.05) is 0 Å². The molecule has 1 aromatic heterocycles. The molecule has 0 amide bonds. The summed E-state index contributed by atoms with van der Waals surface area (Å²) in [7, 11) is -3.39. The predicted octanol–water partition coefficient (Wildman–Crippen LogP) is 0.0850. The highest BCUT2D eigenvalue weighted by atomic mass is 32.2. The van der Waals surface area contributed by atoms with Crippen LogP contribution in [0.25, 0.3) is 0 Å². The molecule has 112 valence electrons. The van der Waals surface area contributed by atoms with Gasteiger partial charge in [0.1, 0.15) is 0 Å². The van der Waals surface area contributed by atoms with Gasteiger partial charge in [0.15, 0.2) is 0 Å². The number of aryl methyl sites for hydroxylation is 1. The van der Waals surface area contributed by atoms with Crippen LogP contribution >= 0.6 is 0 Å². The highest BCUT2D eigenvalue weighted by Gasteiger charge is 2.31. The van der Waals surface area contributed by atoms with Crippen molar-refractivity contribution in [3.8, 4) is 0 Å². The Morgan fingerprint density at radius 1 is 1.30 bits per heavy atom. The van der Waals surface area contributed by atoms with Crippen molar-refractivity contribution in [3.05, 3.63) is 30.1 Å². The van der Waals surface area contributed by atoms with Crippen molar-refractivity contribution in [1.82, 2.24) is 9.71 Å². The van der Waals surface area contributed by atoms with E-state index in [1.54, 1.807) is 24.5 Å². The second-order valence-electron chi connectivity index (χ2n) is 5.08. The normalized spacial score (nSPS) is 18.9. The Morgan fingerprint density at radius 2 is 1.95 bits per heavy atom. The number of nitrogens with zero attached hydrogens (tertiary/aromatic N) is 1. The molecule has 2 heterocycles. The molecule has 0 atom stereocenters. The first-order valence-electron chi connectivity index (χ1n) is 6.66. The molecule has 6 nitrogen and oxygen atoms in total. The van der Waals surface area contributed by atoms with Crippen LogP contribution in [0.2, 0.25) is 0 Å². The lowest BCUT2D eigenvalue weighted by molar-refractivity contribution is -0.0588. The maximum Gasteiger partial charge on any atom is 0.212 e. The van der Waals surface area contributed by atoms with E-state index in [0.29, 0.717) is 32.5 Å². The minimum atomic E-state index is -3.39. The molecule has 2 rings (SSSR count). The lowest BCUT2D eigenvalue weighted by Crippen LogP contribution is -2.47. The van der Waals surface area contributed by atoms with Crippen LogP contribution in [0.3, 0.4) is 0 Å². The minimum absolute atomic E-state index is 0.00356. The Hall–Kier alpha value is -1.02. The van der Waals surface area contributed by atoms with Crippen molar-refractivity contribution in [2.24, 2.45) is 0 Å². The summed E-state index contributed by atoms with van der Waals surface area (Å²) < 4.78 is 31.5. The molecule has 1 saturated heterocycles. The van der Waals surface area contributed by atoms with Crippen LogP contribution in [0.1, 0.15) is 18.4 Å². The van der Waals surface area contributed by atoms with Crippen LogP contribution < -0.4 is 4.72 Å². The summed E-state index contributed by atoms with van der Waals surface area (Å²) in [5.74, 6) is 0.00356. The number of hydrogen-bond donors (Lipinski definition) is 2. The highest BCUT2D eigenvalue weighted by molar-refractivity contribution is 7.89. The second-order valence-corrected chi connectivity index (χ2v) is 7.01. The molecular weight excluding hydrogens is 280 g/mol. The minimum Gasteiger partial charge on any atom is -0.388 e. The monoisotopic (exact) mass is 300 g/mol. The van der Waals surface area contributed by atoms with E-state index in [4.69, 9.17) is 4.74 Å². The largest absolute Gasteiger partial charge is 0.388 e. The Balaban J connectivity index is 1.82. The Bertz CT molecular complexity index is 512. The highest BCUT2D eigenvalue weighted by Crippen LogP contribution is 2.19. The lowest BCUT2D eigenvalue weighted by atomic mass is 9.95. The molecule has 0 bridgehead atoms. The van der Waals surface area contributed by atoms with Gasteiger partial charge in [-0.05, 0) is 24.1 Å². The van der Waals surface area contributed by atoms with Crippen molar-refractivity contribution in [1.29, 1.82) is 0 Å². The van der Waals surface area contributed by atoms with Gasteiger partial charge in [0, 0.05) is 45.0 Å². The molecule has 1 aromatic rings. The first kappa shape index (κ1) is 15.4. The molecular formula is C13H20N2O4S. The van der Waals surface area contributed by atoms with Gasteiger partial charge < -0.3 is 9.84 Å². The Morgan fingerprint density at radius 3 is 2.60 bits per heavy atom. The first-order chi connectivity index (χ1) is 9.49. The van der Waals surface area contributed by atoms with Crippen LogP contribution in [-0.4, -0.2) is 49.6 Å². The van der Waals surface area contributed by atoms with E-state index >= 15 is 0 Å². The fourth-order valence-corrected chi connectivity index (χ4v) is 3.18. The van der Waals surface area contributed by atoms with Crippen molar-refractivity contribution < 1.29 is 18.3 Å². The van der Waals surface area contributed by atoms with Crippen LogP contribution in [0.4, 0.5) is 0 Å². The van der Waals surface area contributed by atoms with E-state index in [2.05, 4.69) is 9.71 Å². The average Bonchev–Trinajstić information content (AvgIpc) is 2.46. The van der Waals surface area contributed by atoms with E-state index in [-0.39, 0.29) is 12.3 Å². The number of nitrogens with one attached hydrogen (secondary N) is 1. The Kier molecular flexibility index (Phi) is 5.09. The fraction of sp³-hybridized carbons (Fsp3) is 0.615. The summed E-state index contributed by atoms with van der Waals surface area (Å²) in [5, 5.41) is 10.2. The maximum atomic E-state index is 11.9. The zero-order valence-electron chi connectivity index (χ0n) is 11.3. The van der Waals surface area contributed by atoms with Gasteiger partial charge in [-0.3, -0.25) is 4.98 Å². The smallest absolute Gasteiger partial charge is 0.212 e. The molecule has 1 aliphatic heterocycles. The number of aromatic nitrogens is 1. The summed E-state index contributed by atoms with van der Waals surface area (Å²) in [5.41, 5.74) is -0.0581. The number of ether oxygens (including phenoxy) is 1. The molecule has 1 fully saturated rings. The van der Waals surface area contributed by atoms with Gasteiger partial charge in [-0.15, -0.1) is 0 Å². The standard InChI is InChI=1S/C13H20N2O4S/c16-13(4-8-19-9-5-13)11-15-20(17,18)10-3-12-1-6-14-7-2-12/h1-2,6-7,15-16H,3-5,8-11H2. The average molecular weight is 300 g/mol. The van der Waals surface area contributed by atoms with E-state index < -0.39 is 15.6 Å². The number of rotatable bonds is 6. The topological polar surface area (TPSA) is 88.5 Å². The molecule has 20 heavy (non-hydrogen) atoms. The van der Waals surface area contributed by atoms with Gasteiger partial charge in [-0.25, -0.2) is 13.1 Å². The summed E-state index contributed by atoms with van der Waals surface area (Å²) in [4.78, 5) is 3.89. The third-order valence-corrected chi connectivity index (χ3v) is 4.78. The van der Waals surface area contributed by atoms with Gasteiger partial charge in [0.2, 0.25) is 10.0 Å². The number of sulfonamides is 1. The van der Waals surface area contributed by atoms with Crippen molar-refractivity contribution in [2.75, 3.05) is 25.5 Å². The van der Waals surface area contributed by atoms with E-state index in [9.17, 15) is 13.5 Å². The molecule has 2 N–H and O–H groups in total. The molecule has 0 radical (unpaired) electrons. The second kappa shape index (κ2) is 6.62. The van der Waals surface area contributed by atoms with Gasteiger partial charge in [-0.2, -0.15) is 0 Å². The molecule has 0 aliphatic carbocycles. The molecule has 1 aliphatic rings. The van der Waals surface area contributed by atoms with Crippen LogP contribution in [0.5, 0.6) is 0 Å². The lowest BCUT2D eigenvalue weighted by Gasteiger charge is -2.31. The third-order valence-electron chi connectivity index (χ3n) is 3.45. The van der Waals surface area contributed by atoms with Crippen LogP contribution in [0.15, 0.2) is 24.5 Å². The summed E-state index contributed by atoms with van der Waals surface area (Å²) in [6.45, 7) is 0.986. The summed E-state index contributed by atoms with van der Waals surface area (Å²) >= 11 is 0. The zero-order valence-corrected chi connectivity index (χ0v) is 12.1. The SMILES string of the molecule is O=S(=O)(CCc1ccncc1)NCC1(O)CCOCC1. The summed E-state index contributed by atoms with van der Waals surface area (Å²) in [6, 6.07) is 3.59. The van der Waals surface area contributed by atoms with Crippen LogP contribution in [-0.2, 0) is 21.2 Å². The number of hydrogen-bond acceptors (Lipinski definition) is 5. The Labute approximate surface area is 119 Å².